The number of para-hydroxylation sites is 1. The van der Waals surface area contributed by atoms with Gasteiger partial charge in [-0.05, 0) is 134 Å². The molecule has 2 aromatic heterocycles. The van der Waals surface area contributed by atoms with Crippen LogP contribution in [0, 0.1) is 6.92 Å². The lowest BCUT2D eigenvalue weighted by atomic mass is 9.33. The molecule has 10 aromatic rings. The van der Waals surface area contributed by atoms with Crippen LogP contribution in [0.5, 0.6) is 0 Å². The number of benzene rings is 8. The van der Waals surface area contributed by atoms with Crippen molar-refractivity contribution in [2.75, 3.05) is 9.80 Å². The van der Waals surface area contributed by atoms with E-state index in [2.05, 4.69) is 253 Å². The van der Waals surface area contributed by atoms with E-state index in [1.54, 1.807) is 0 Å². The number of anilines is 6. The topological polar surface area (TPSA) is 11.4 Å². The highest BCUT2D eigenvalue weighted by Crippen LogP contribution is 2.49. The molecule has 334 valence electrons. The number of aromatic nitrogens is 1. The molecule has 0 radical (unpaired) electrons. The first-order chi connectivity index (χ1) is 32.5. The fourth-order valence-corrected chi connectivity index (χ4v) is 12.3. The zero-order valence-corrected chi connectivity index (χ0v) is 41.8. The molecule has 3 nitrogen and oxygen atoms in total. The largest absolute Gasteiger partial charge is 0.311 e. The van der Waals surface area contributed by atoms with Gasteiger partial charge in [-0.3, -0.25) is 0 Å². The van der Waals surface area contributed by atoms with E-state index in [1.807, 2.05) is 11.3 Å². The van der Waals surface area contributed by atoms with Crippen LogP contribution < -0.4 is 26.2 Å². The first kappa shape index (κ1) is 42.5. The highest BCUT2D eigenvalue weighted by atomic mass is 32.1. The van der Waals surface area contributed by atoms with E-state index in [-0.39, 0.29) is 23.0 Å². The number of aryl methyl sites for hydroxylation is 1. The summed E-state index contributed by atoms with van der Waals surface area (Å²) < 4.78 is 5.32. The van der Waals surface area contributed by atoms with Crippen LogP contribution >= 0.6 is 11.3 Å². The third-order valence-electron chi connectivity index (χ3n) is 14.7. The smallest absolute Gasteiger partial charge is 0.252 e. The molecule has 0 spiro atoms. The van der Waals surface area contributed by atoms with Crippen LogP contribution in [0.15, 0.2) is 170 Å². The van der Waals surface area contributed by atoms with E-state index in [1.165, 1.54) is 104 Å². The predicted octanol–water partition coefficient (Wildman–Crippen LogP) is 15.9. The minimum atomic E-state index is -0.0353. The van der Waals surface area contributed by atoms with Crippen molar-refractivity contribution in [1.82, 2.24) is 4.57 Å². The Morgan fingerprint density at radius 1 is 0.456 bits per heavy atom. The van der Waals surface area contributed by atoms with Gasteiger partial charge in [0.2, 0.25) is 0 Å². The highest BCUT2D eigenvalue weighted by molar-refractivity contribution is 7.26. The maximum absolute atomic E-state index is 2.63. The lowest BCUT2D eigenvalue weighted by molar-refractivity contribution is 0.590. The fraction of sp³-hybridized carbons (Fsp3) is 0.206. The van der Waals surface area contributed by atoms with E-state index in [9.17, 15) is 0 Å². The Hall–Kier alpha value is -6.82. The number of rotatable bonds is 5. The molecule has 2 aliphatic rings. The quantitative estimate of drug-likeness (QED) is 0.160. The molecule has 4 heterocycles. The van der Waals surface area contributed by atoms with Gasteiger partial charge in [0.05, 0.1) is 21.4 Å². The average molecular weight is 900 g/mol. The number of hydrogen-bond donors (Lipinski definition) is 0. The van der Waals surface area contributed by atoms with Crippen LogP contribution in [0.2, 0.25) is 0 Å². The summed E-state index contributed by atoms with van der Waals surface area (Å²) in [6, 6.07) is 65.0. The van der Waals surface area contributed by atoms with Crippen LogP contribution in [0.25, 0.3) is 48.0 Å². The minimum Gasteiger partial charge on any atom is -0.311 e. The molecule has 0 saturated carbocycles. The third-order valence-corrected chi connectivity index (χ3v) is 15.9. The predicted molar refractivity (Wildman–Crippen MR) is 296 cm³/mol. The number of thiophene rings is 1. The first-order valence-electron chi connectivity index (χ1n) is 24.3. The molecule has 0 amide bonds. The van der Waals surface area contributed by atoms with Crippen molar-refractivity contribution in [2.24, 2.45) is 0 Å². The van der Waals surface area contributed by atoms with Crippen molar-refractivity contribution in [2.45, 2.75) is 85.5 Å². The summed E-state index contributed by atoms with van der Waals surface area (Å²) in [4.78, 5) is 5.08. The monoisotopic (exact) mass is 899 g/mol. The second-order valence-electron chi connectivity index (χ2n) is 22.4. The van der Waals surface area contributed by atoms with Gasteiger partial charge in [0.25, 0.3) is 6.71 Å². The van der Waals surface area contributed by atoms with Gasteiger partial charge in [0.15, 0.2) is 0 Å². The maximum Gasteiger partial charge on any atom is 0.252 e. The van der Waals surface area contributed by atoms with Gasteiger partial charge >= 0.3 is 0 Å². The van der Waals surface area contributed by atoms with Crippen molar-refractivity contribution < 1.29 is 0 Å². The molecular weight excluding hydrogens is 842 g/mol. The molecule has 8 aromatic carbocycles. The Labute approximate surface area is 406 Å². The van der Waals surface area contributed by atoms with E-state index in [0.717, 1.165) is 17.1 Å². The molecule has 0 bridgehead atoms. The molecule has 0 N–H and O–H groups in total. The molecule has 0 saturated heterocycles. The highest BCUT2D eigenvalue weighted by Gasteiger charge is 2.43. The van der Waals surface area contributed by atoms with E-state index in [4.69, 9.17) is 0 Å². The second kappa shape index (κ2) is 15.1. The van der Waals surface area contributed by atoms with Crippen LogP contribution in [0.3, 0.4) is 0 Å². The normalized spacial score (nSPS) is 13.4. The maximum atomic E-state index is 2.63. The molecule has 68 heavy (non-hydrogen) atoms. The van der Waals surface area contributed by atoms with Crippen LogP contribution in [-0.4, -0.2) is 11.3 Å². The minimum absolute atomic E-state index is 0.0204. The summed E-state index contributed by atoms with van der Waals surface area (Å²) in [5.41, 5.74) is 22.6. The summed E-state index contributed by atoms with van der Waals surface area (Å²) in [5, 5.41) is 2.65. The van der Waals surface area contributed by atoms with Crippen molar-refractivity contribution in [3.05, 3.63) is 192 Å². The van der Waals surface area contributed by atoms with Crippen LogP contribution in [0.4, 0.5) is 34.1 Å². The molecule has 5 heteroatoms. The summed E-state index contributed by atoms with van der Waals surface area (Å²) in [6.45, 7) is 23.0. The van der Waals surface area contributed by atoms with Gasteiger partial charge < -0.3 is 14.4 Å². The van der Waals surface area contributed by atoms with Gasteiger partial charge in [-0.15, -0.1) is 11.3 Å². The van der Waals surface area contributed by atoms with Crippen LogP contribution in [0.1, 0.15) is 84.6 Å². The van der Waals surface area contributed by atoms with Gasteiger partial charge in [0, 0.05) is 55.2 Å². The zero-order chi connectivity index (χ0) is 47.0. The fourth-order valence-electron chi connectivity index (χ4n) is 11.1. The van der Waals surface area contributed by atoms with Gasteiger partial charge in [-0.25, -0.2) is 0 Å². The van der Waals surface area contributed by atoms with Crippen molar-refractivity contribution in [1.29, 1.82) is 0 Å². The zero-order valence-electron chi connectivity index (χ0n) is 41.0. The summed E-state index contributed by atoms with van der Waals surface area (Å²) >= 11 is 1.93. The lowest BCUT2D eigenvalue weighted by Gasteiger charge is -2.42. The molecular formula is C63H58BN3S. The van der Waals surface area contributed by atoms with Crippen molar-refractivity contribution >= 4 is 99.8 Å². The number of nitrogens with zero attached hydrogens (tertiary/aromatic N) is 3. The Kier molecular flexibility index (Phi) is 9.44. The Bertz CT molecular complexity index is 3570. The van der Waals surface area contributed by atoms with Gasteiger partial charge in [-0.2, -0.15) is 0 Å². The number of fused-ring (bicyclic) bond motifs is 9. The third kappa shape index (κ3) is 6.60. The van der Waals surface area contributed by atoms with Gasteiger partial charge in [-0.1, -0.05) is 165 Å². The summed E-state index contributed by atoms with van der Waals surface area (Å²) in [5.74, 6) is 0. The number of hydrogen-bond acceptors (Lipinski definition) is 3. The lowest BCUT2D eigenvalue weighted by Crippen LogP contribution is -2.60. The first-order valence-corrected chi connectivity index (χ1v) is 25.1. The molecule has 0 atom stereocenters. The second-order valence-corrected chi connectivity index (χ2v) is 23.4. The summed E-state index contributed by atoms with van der Waals surface area (Å²) in [6.07, 6.45) is 0. The van der Waals surface area contributed by atoms with Crippen molar-refractivity contribution in [3.8, 4) is 16.8 Å². The van der Waals surface area contributed by atoms with E-state index in [0.29, 0.717) is 0 Å². The molecule has 12 rings (SSSR count). The molecule has 0 fully saturated rings. The Morgan fingerprint density at radius 3 is 1.71 bits per heavy atom. The average Bonchev–Trinajstić information content (AvgIpc) is 3.85. The summed E-state index contributed by atoms with van der Waals surface area (Å²) in [7, 11) is 0. The molecule has 2 aliphatic heterocycles. The molecule has 0 unspecified atom stereocenters. The van der Waals surface area contributed by atoms with Gasteiger partial charge in [0.1, 0.15) is 0 Å². The standard InChI is InChI=1S/C63H58BN3S/c1-39-35-54-57-55(36-39)67-58-48(60-59(67)47-19-14-15-22-56(47)68-60)20-16-21-51(58)64(57)50-33-32-46(38-53(50)66(54)52-34-27-43(63(8,9)10)37-49(52)40-17-12-11-13-18-40)65(44-28-23-41(24-29-44)61(2,3)4)45-30-25-42(26-31-45)62(5,6)7/h11-38H,1-10H3. The SMILES string of the molecule is Cc1cc2c3c(c1)-n1c4c(cccc4c4sc5ccccc5c41)B3c1ccc(N(c3ccc(C(C)(C)C)cc3)c3ccc(C(C)(C)C)cc3)cc1N2c1ccc(C(C)(C)C)cc1-c1ccccc1. The Balaban J connectivity index is 1.17. The van der Waals surface area contributed by atoms with Crippen LogP contribution in [-0.2, 0) is 16.2 Å². The van der Waals surface area contributed by atoms with E-state index < -0.39 is 0 Å². The molecule has 0 aliphatic carbocycles. The Morgan fingerprint density at radius 2 is 1.04 bits per heavy atom. The van der Waals surface area contributed by atoms with E-state index >= 15 is 0 Å². The van der Waals surface area contributed by atoms with Crippen molar-refractivity contribution in [3.63, 3.8) is 0 Å².